The molecule has 0 saturated carbocycles. The van der Waals surface area contributed by atoms with Crippen molar-refractivity contribution in [3.8, 4) is 0 Å². The van der Waals surface area contributed by atoms with Gasteiger partial charge in [-0.2, -0.15) is 0 Å². The van der Waals surface area contributed by atoms with E-state index in [1.54, 1.807) is 6.20 Å². The highest BCUT2D eigenvalue weighted by Gasteiger charge is 2.22. The van der Waals surface area contributed by atoms with Crippen molar-refractivity contribution in [3.05, 3.63) is 11.1 Å². The lowest BCUT2D eigenvalue weighted by atomic mass is 10.2. The Labute approximate surface area is 136 Å². The normalized spacial score (nSPS) is 19.4. The van der Waals surface area contributed by atoms with Crippen LogP contribution < -0.4 is 10.6 Å². The van der Waals surface area contributed by atoms with Gasteiger partial charge >= 0.3 is 0 Å². The molecule has 2 N–H and O–H groups in total. The van der Waals surface area contributed by atoms with E-state index >= 15 is 0 Å². The highest BCUT2D eigenvalue weighted by Crippen LogP contribution is 2.17. The van der Waals surface area contributed by atoms with Crippen LogP contribution in [0, 0.1) is 5.92 Å². The second kappa shape index (κ2) is 8.45. The first kappa shape index (κ1) is 17.2. The molecule has 22 heavy (non-hydrogen) atoms. The molecule has 1 unspecified atom stereocenters. The summed E-state index contributed by atoms with van der Waals surface area (Å²) in [5.41, 5.74) is 0. The first-order valence-corrected chi connectivity index (χ1v) is 8.72. The summed E-state index contributed by atoms with van der Waals surface area (Å²) in [6, 6.07) is 0. The van der Waals surface area contributed by atoms with Crippen LogP contribution in [0.2, 0.25) is 0 Å². The Balaban J connectivity index is 1.77. The van der Waals surface area contributed by atoms with Crippen LogP contribution in [0.1, 0.15) is 30.4 Å². The number of nitrogens with one attached hydrogen (secondary N) is 2. The van der Waals surface area contributed by atoms with Crippen molar-refractivity contribution in [1.29, 1.82) is 0 Å². The fourth-order valence-corrected chi connectivity index (χ4v) is 3.29. The van der Waals surface area contributed by atoms with Gasteiger partial charge in [-0.05, 0) is 12.8 Å². The summed E-state index contributed by atoms with van der Waals surface area (Å²) >= 11 is 1.38. The van der Waals surface area contributed by atoms with Gasteiger partial charge in [-0.15, -0.1) is 0 Å². The van der Waals surface area contributed by atoms with Crippen molar-refractivity contribution >= 4 is 22.4 Å². The zero-order valence-corrected chi connectivity index (χ0v) is 14.4. The maximum Gasteiger partial charge on any atom is 0.263 e. The fourth-order valence-electron chi connectivity index (χ4n) is 2.49. The van der Waals surface area contributed by atoms with Gasteiger partial charge < -0.3 is 15.4 Å². The van der Waals surface area contributed by atoms with Crippen molar-refractivity contribution in [2.24, 2.45) is 5.92 Å². The van der Waals surface area contributed by atoms with E-state index in [4.69, 9.17) is 4.74 Å². The Morgan fingerprint density at radius 1 is 1.59 bits per heavy atom. The Morgan fingerprint density at radius 2 is 2.41 bits per heavy atom. The molecule has 0 radical (unpaired) electrons. The van der Waals surface area contributed by atoms with Gasteiger partial charge in [-0.3, -0.25) is 9.69 Å². The molecule has 1 fully saturated rings. The smallest absolute Gasteiger partial charge is 0.263 e. The van der Waals surface area contributed by atoms with Crippen molar-refractivity contribution in [2.45, 2.75) is 26.9 Å². The van der Waals surface area contributed by atoms with E-state index in [-0.39, 0.29) is 12.0 Å². The van der Waals surface area contributed by atoms with Crippen LogP contribution in [-0.4, -0.2) is 61.2 Å². The molecule has 7 heteroatoms. The quantitative estimate of drug-likeness (QED) is 0.798. The van der Waals surface area contributed by atoms with Crippen LogP contribution in [0.5, 0.6) is 0 Å². The second-order valence-corrected chi connectivity index (χ2v) is 6.95. The molecule has 2 heterocycles. The van der Waals surface area contributed by atoms with Crippen molar-refractivity contribution < 1.29 is 9.53 Å². The van der Waals surface area contributed by atoms with Gasteiger partial charge in [-0.25, -0.2) is 4.98 Å². The molecule has 1 aromatic rings. The predicted octanol–water partition coefficient (Wildman–Crippen LogP) is 1.66. The average molecular weight is 326 g/mol. The number of rotatable bonds is 7. The topological polar surface area (TPSA) is 66.5 Å². The van der Waals surface area contributed by atoms with E-state index in [9.17, 15) is 4.79 Å². The number of hydrogen-bond acceptors (Lipinski definition) is 6. The number of morpholine rings is 1. The number of ether oxygens (including phenoxy) is 1. The van der Waals surface area contributed by atoms with E-state index < -0.39 is 0 Å². The van der Waals surface area contributed by atoms with E-state index in [1.807, 2.05) is 6.92 Å². The van der Waals surface area contributed by atoms with Gasteiger partial charge in [0.2, 0.25) is 0 Å². The lowest BCUT2D eigenvalue weighted by Gasteiger charge is -2.33. The molecular formula is C15H26N4O2S. The summed E-state index contributed by atoms with van der Waals surface area (Å²) in [5, 5.41) is 6.84. The molecule has 1 atom stereocenters. The molecule has 6 nitrogen and oxygen atoms in total. The molecule has 1 aromatic heterocycles. The highest BCUT2D eigenvalue weighted by molar-refractivity contribution is 7.17. The fraction of sp³-hybridized carbons (Fsp3) is 0.733. The third kappa shape index (κ3) is 5.23. The van der Waals surface area contributed by atoms with E-state index in [0.717, 1.165) is 37.9 Å². The number of carbonyl (C=O) groups excluding carboxylic acids is 1. The molecule has 124 valence electrons. The number of thiazole rings is 1. The van der Waals surface area contributed by atoms with Gasteiger partial charge in [0.05, 0.1) is 18.9 Å². The molecule has 1 amide bonds. The standard InChI is InChI=1S/C15H26N4O2S/c1-4-16-15-18-8-13(22-15)14(20)17-7-12-10-19(5-6-21-12)9-11(2)3/h8,11-12H,4-7,9-10H2,1-3H3,(H,16,18)(H,17,20). The first-order chi connectivity index (χ1) is 10.6. The average Bonchev–Trinajstić information content (AvgIpc) is 2.94. The number of anilines is 1. The Hall–Kier alpha value is -1.18. The number of aromatic nitrogens is 1. The van der Waals surface area contributed by atoms with Gasteiger partial charge in [0.25, 0.3) is 5.91 Å². The zero-order valence-electron chi connectivity index (χ0n) is 13.6. The minimum atomic E-state index is -0.0776. The third-order valence-corrected chi connectivity index (χ3v) is 4.35. The lowest BCUT2D eigenvalue weighted by molar-refractivity contribution is -0.0295. The molecule has 0 aromatic carbocycles. The van der Waals surface area contributed by atoms with E-state index in [1.165, 1.54) is 11.3 Å². The summed E-state index contributed by atoms with van der Waals surface area (Å²) in [4.78, 5) is 19.3. The largest absolute Gasteiger partial charge is 0.374 e. The van der Waals surface area contributed by atoms with Crippen LogP contribution in [-0.2, 0) is 4.74 Å². The Bertz CT molecular complexity index is 478. The highest BCUT2D eigenvalue weighted by atomic mass is 32.1. The van der Waals surface area contributed by atoms with Gasteiger partial charge in [-0.1, -0.05) is 25.2 Å². The van der Waals surface area contributed by atoms with Gasteiger partial charge in [0.15, 0.2) is 5.13 Å². The molecule has 1 saturated heterocycles. The molecule has 0 spiro atoms. The van der Waals surface area contributed by atoms with E-state index in [0.29, 0.717) is 17.3 Å². The molecule has 0 aliphatic carbocycles. The number of nitrogens with zero attached hydrogens (tertiary/aromatic N) is 2. The lowest BCUT2D eigenvalue weighted by Crippen LogP contribution is -2.48. The minimum Gasteiger partial charge on any atom is -0.374 e. The Morgan fingerprint density at radius 3 is 3.14 bits per heavy atom. The summed E-state index contributed by atoms with van der Waals surface area (Å²) in [6.07, 6.45) is 1.68. The second-order valence-electron chi connectivity index (χ2n) is 5.92. The van der Waals surface area contributed by atoms with Crippen molar-refractivity contribution in [1.82, 2.24) is 15.2 Å². The number of carbonyl (C=O) groups is 1. The Kier molecular flexibility index (Phi) is 6.60. The molecular weight excluding hydrogens is 300 g/mol. The third-order valence-electron chi connectivity index (χ3n) is 3.39. The van der Waals surface area contributed by atoms with Crippen LogP contribution >= 0.6 is 11.3 Å². The van der Waals surface area contributed by atoms with E-state index in [2.05, 4.69) is 34.4 Å². The zero-order chi connectivity index (χ0) is 15.9. The van der Waals surface area contributed by atoms with Gasteiger partial charge in [0, 0.05) is 32.7 Å². The monoisotopic (exact) mass is 326 g/mol. The summed E-state index contributed by atoms with van der Waals surface area (Å²) in [7, 11) is 0. The number of amides is 1. The minimum absolute atomic E-state index is 0.0672. The summed E-state index contributed by atoms with van der Waals surface area (Å²) < 4.78 is 5.74. The molecule has 1 aliphatic rings. The molecule has 2 rings (SSSR count). The summed E-state index contributed by atoms with van der Waals surface area (Å²) in [6.45, 7) is 11.5. The van der Waals surface area contributed by atoms with Crippen LogP contribution in [0.4, 0.5) is 5.13 Å². The van der Waals surface area contributed by atoms with Crippen LogP contribution in [0.25, 0.3) is 0 Å². The summed E-state index contributed by atoms with van der Waals surface area (Å²) in [5.74, 6) is 0.571. The molecule has 0 bridgehead atoms. The maximum atomic E-state index is 12.1. The number of hydrogen-bond donors (Lipinski definition) is 2. The molecule has 1 aliphatic heterocycles. The maximum absolute atomic E-state index is 12.1. The van der Waals surface area contributed by atoms with Crippen molar-refractivity contribution in [2.75, 3.05) is 44.6 Å². The van der Waals surface area contributed by atoms with Gasteiger partial charge in [0.1, 0.15) is 4.88 Å². The van der Waals surface area contributed by atoms with Crippen LogP contribution in [0.3, 0.4) is 0 Å². The first-order valence-electron chi connectivity index (χ1n) is 7.90. The SMILES string of the molecule is CCNc1ncc(C(=O)NCC2CN(CC(C)C)CCO2)s1. The van der Waals surface area contributed by atoms with Crippen LogP contribution in [0.15, 0.2) is 6.20 Å². The predicted molar refractivity (Wildman–Crippen MR) is 89.6 cm³/mol. The van der Waals surface area contributed by atoms with Crippen molar-refractivity contribution in [3.63, 3.8) is 0 Å².